The number of ether oxygens (including phenoxy) is 1. The van der Waals surface area contributed by atoms with E-state index in [1.165, 1.54) is 4.90 Å². The molecule has 1 heterocycles. The van der Waals surface area contributed by atoms with Gasteiger partial charge >= 0.3 is 6.18 Å². The minimum Gasteiger partial charge on any atom is -0.493 e. The van der Waals surface area contributed by atoms with Crippen LogP contribution in [0.25, 0.3) is 0 Å². The van der Waals surface area contributed by atoms with Crippen molar-refractivity contribution in [2.45, 2.75) is 19.0 Å². The molecule has 1 aliphatic heterocycles. The highest BCUT2D eigenvalue weighted by atomic mass is 79.9. The number of piperidine rings is 1. The van der Waals surface area contributed by atoms with Crippen LogP contribution in [0, 0.1) is 5.92 Å². The fraction of sp³-hybridized carbons (Fsp3) is 0.571. The van der Waals surface area contributed by atoms with E-state index in [0.29, 0.717) is 19.7 Å². The standard InChI is InChI=1S/C14H17BrF3NO.ClH/c15-12-3-5-13(6-4-12)20-9-11-2-1-7-19(8-11)10-14(16,17)18;/h3-6,11H,1-2,7-10H2;1H/t11-;/m0./s1. The van der Waals surface area contributed by atoms with Crippen LogP contribution in [0.4, 0.5) is 13.2 Å². The first-order valence-electron chi connectivity index (χ1n) is 6.60. The van der Waals surface area contributed by atoms with Crippen LogP contribution in [0.2, 0.25) is 0 Å². The lowest BCUT2D eigenvalue weighted by Gasteiger charge is -2.32. The summed E-state index contributed by atoms with van der Waals surface area (Å²) in [6.45, 7) is 0.627. The molecule has 1 saturated heterocycles. The van der Waals surface area contributed by atoms with Crippen LogP contribution in [0.5, 0.6) is 5.75 Å². The van der Waals surface area contributed by atoms with Crippen LogP contribution < -0.4 is 4.74 Å². The number of hydrogen-bond donors (Lipinski definition) is 0. The maximum atomic E-state index is 12.4. The molecule has 2 rings (SSSR count). The van der Waals surface area contributed by atoms with Gasteiger partial charge in [0, 0.05) is 16.9 Å². The summed E-state index contributed by atoms with van der Waals surface area (Å²) in [7, 11) is 0. The predicted octanol–water partition coefficient (Wildman–Crippen LogP) is 4.52. The third-order valence-electron chi connectivity index (χ3n) is 3.31. The average Bonchev–Trinajstić information content (AvgIpc) is 2.36. The van der Waals surface area contributed by atoms with Gasteiger partial charge in [0.25, 0.3) is 0 Å². The fourth-order valence-electron chi connectivity index (χ4n) is 2.43. The zero-order valence-electron chi connectivity index (χ0n) is 11.4. The van der Waals surface area contributed by atoms with Gasteiger partial charge in [-0.05, 0) is 43.7 Å². The van der Waals surface area contributed by atoms with Gasteiger partial charge in [-0.25, -0.2) is 0 Å². The first-order valence-corrected chi connectivity index (χ1v) is 7.39. The Kier molecular flexibility index (Phi) is 7.30. The lowest BCUT2D eigenvalue weighted by Crippen LogP contribution is -2.42. The van der Waals surface area contributed by atoms with Crippen LogP contribution in [0.3, 0.4) is 0 Å². The minimum atomic E-state index is -4.12. The Balaban J connectivity index is 0.00000220. The fourth-order valence-corrected chi connectivity index (χ4v) is 2.69. The van der Waals surface area contributed by atoms with Crippen molar-refractivity contribution in [1.29, 1.82) is 0 Å². The summed E-state index contributed by atoms with van der Waals surface area (Å²) in [5.74, 6) is 0.913. The second-order valence-electron chi connectivity index (χ2n) is 5.12. The molecule has 0 spiro atoms. The van der Waals surface area contributed by atoms with E-state index in [2.05, 4.69) is 15.9 Å². The molecule has 1 fully saturated rings. The van der Waals surface area contributed by atoms with E-state index in [-0.39, 0.29) is 18.3 Å². The van der Waals surface area contributed by atoms with Gasteiger partial charge in [-0.3, -0.25) is 4.90 Å². The monoisotopic (exact) mass is 387 g/mol. The molecule has 0 bridgehead atoms. The maximum Gasteiger partial charge on any atom is 0.401 e. The highest BCUT2D eigenvalue weighted by Crippen LogP contribution is 2.23. The first kappa shape index (κ1) is 18.6. The summed E-state index contributed by atoms with van der Waals surface area (Å²) in [6.07, 6.45) is -2.40. The number of rotatable bonds is 4. The molecular formula is C14H18BrClF3NO. The van der Waals surface area contributed by atoms with E-state index in [1.54, 1.807) is 0 Å². The number of alkyl halides is 3. The molecule has 0 aromatic heterocycles. The molecule has 1 atom stereocenters. The lowest BCUT2D eigenvalue weighted by atomic mass is 9.99. The summed E-state index contributed by atoms with van der Waals surface area (Å²) in [5, 5.41) is 0. The maximum absolute atomic E-state index is 12.4. The van der Waals surface area contributed by atoms with Gasteiger partial charge in [0.15, 0.2) is 0 Å². The number of likely N-dealkylation sites (tertiary alicyclic amines) is 1. The molecule has 1 aromatic carbocycles. The highest BCUT2D eigenvalue weighted by molar-refractivity contribution is 9.10. The zero-order chi connectivity index (χ0) is 14.6. The number of hydrogen-bond acceptors (Lipinski definition) is 2. The minimum absolute atomic E-state index is 0. The summed E-state index contributed by atoms with van der Waals surface area (Å²) in [5.41, 5.74) is 0. The van der Waals surface area contributed by atoms with Crippen LogP contribution in [-0.4, -0.2) is 37.3 Å². The van der Waals surface area contributed by atoms with Gasteiger partial charge in [-0.2, -0.15) is 13.2 Å². The number of benzene rings is 1. The molecular weight excluding hydrogens is 371 g/mol. The van der Waals surface area contributed by atoms with Crippen molar-refractivity contribution in [2.24, 2.45) is 5.92 Å². The van der Waals surface area contributed by atoms with Crippen LogP contribution in [-0.2, 0) is 0 Å². The molecule has 0 radical (unpaired) electrons. The van der Waals surface area contributed by atoms with E-state index in [4.69, 9.17) is 4.74 Å². The third-order valence-corrected chi connectivity index (χ3v) is 3.83. The third kappa shape index (κ3) is 6.89. The molecule has 120 valence electrons. The van der Waals surface area contributed by atoms with E-state index in [1.807, 2.05) is 24.3 Å². The van der Waals surface area contributed by atoms with Crippen molar-refractivity contribution < 1.29 is 17.9 Å². The molecule has 0 aliphatic carbocycles. The lowest BCUT2D eigenvalue weighted by molar-refractivity contribution is -0.149. The zero-order valence-corrected chi connectivity index (χ0v) is 13.8. The quantitative estimate of drug-likeness (QED) is 0.752. The van der Waals surface area contributed by atoms with Gasteiger partial charge in [-0.1, -0.05) is 15.9 Å². The van der Waals surface area contributed by atoms with Crippen molar-refractivity contribution in [3.63, 3.8) is 0 Å². The van der Waals surface area contributed by atoms with Gasteiger partial charge in [0.2, 0.25) is 0 Å². The Morgan fingerprint density at radius 2 is 1.90 bits per heavy atom. The van der Waals surface area contributed by atoms with Crippen molar-refractivity contribution in [1.82, 2.24) is 4.90 Å². The molecule has 21 heavy (non-hydrogen) atoms. The van der Waals surface area contributed by atoms with Gasteiger partial charge in [0.1, 0.15) is 5.75 Å². The van der Waals surface area contributed by atoms with E-state index in [9.17, 15) is 13.2 Å². The van der Waals surface area contributed by atoms with Crippen LogP contribution in [0.15, 0.2) is 28.7 Å². The summed E-state index contributed by atoms with van der Waals surface area (Å²) < 4.78 is 43.8. The normalized spacial score (nSPS) is 19.9. The molecule has 0 amide bonds. The Labute approximate surface area is 137 Å². The predicted molar refractivity (Wildman–Crippen MR) is 82.1 cm³/mol. The smallest absolute Gasteiger partial charge is 0.401 e. The Bertz CT molecular complexity index is 427. The highest BCUT2D eigenvalue weighted by Gasteiger charge is 2.33. The molecule has 7 heteroatoms. The molecule has 0 unspecified atom stereocenters. The second kappa shape index (κ2) is 8.25. The average molecular weight is 389 g/mol. The van der Waals surface area contributed by atoms with E-state index >= 15 is 0 Å². The van der Waals surface area contributed by atoms with E-state index < -0.39 is 12.7 Å². The Morgan fingerprint density at radius 3 is 2.52 bits per heavy atom. The van der Waals surface area contributed by atoms with Crippen molar-refractivity contribution in [2.75, 3.05) is 26.2 Å². The topological polar surface area (TPSA) is 12.5 Å². The van der Waals surface area contributed by atoms with Crippen molar-refractivity contribution >= 4 is 28.3 Å². The van der Waals surface area contributed by atoms with Gasteiger partial charge in [-0.15, -0.1) is 12.4 Å². The first-order chi connectivity index (χ1) is 9.42. The summed E-state index contributed by atoms with van der Waals surface area (Å²) in [4.78, 5) is 1.47. The Hall–Kier alpha value is -0.460. The second-order valence-corrected chi connectivity index (χ2v) is 6.04. The Morgan fingerprint density at radius 1 is 1.24 bits per heavy atom. The summed E-state index contributed by atoms with van der Waals surface area (Å²) >= 11 is 3.34. The van der Waals surface area contributed by atoms with Gasteiger partial charge in [0.05, 0.1) is 13.2 Å². The van der Waals surface area contributed by atoms with Crippen LogP contribution in [0.1, 0.15) is 12.8 Å². The van der Waals surface area contributed by atoms with Gasteiger partial charge < -0.3 is 4.74 Å². The SMILES string of the molecule is Cl.FC(F)(F)CN1CCC[C@H](COc2ccc(Br)cc2)C1. The summed E-state index contributed by atoms with van der Waals surface area (Å²) in [6, 6.07) is 7.46. The molecule has 1 aromatic rings. The molecule has 0 saturated carbocycles. The van der Waals surface area contributed by atoms with Crippen molar-refractivity contribution in [3.05, 3.63) is 28.7 Å². The van der Waals surface area contributed by atoms with Crippen molar-refractivity contribution in [3.8, 4) is 5.75 Å². The number of nitrogens with zero attached hydrogens (tertiary/aromatic N) is 1. The molecule has 0 N–H and O–H groups in total. The molecule has 1 aliphatic rings. The largest absolute Gasteiger partial charge is 0.493 e. The molecule has 2 nitrogen and oxygen atoms in total. The van der Waals surface area contributed by atoms with Crippen LogP contribution >= 0.6 is 28.3 Å². The van der Waals surface area contributed by atoms with E-state index in [0.717, 1.165) is 23.1 Å². The number of halogens is 5.